The molecule has 0 aliphatic rings. The summed E-state index contributed by atoms with van der Waals surface area (Å²) in [5.74, 6) is 0.297. The van der Waals surface area contributed by atoms with Crippen LogP contribution in [-0.2, 0) is 0 Å². The van der Waals surface area contributed by atoms with Gasteiger partial charge in [0.25, 0.3) is 0 Å². The molecule has 4 rings (SSSR count). The normalized spacial score (nSPS) is 13.2. The maximum absolute atomic E-state index is 10.2. The predicted molar refractivity (Wildman–Crippen MR) is 91.0 cm³/mol. The van der Waals surface area contributed by atoms with Gasteiger partial charge in [0.15, 0.2) is 0 Å². The van der Waals surface area contributed by atoms with Gasteiger partial charge in [0.2, 0.25) is 0 Å². The smallest absolute Gasteiger partial charge is 0.0988 e. The fourth-order valence-electron chi connectivity index (χ4n) is 3.33. The number of hydrogen-bond donors (Lipinski definition) is 1. The molecule has 0 radical (unpaired) electrons. The summed E-state index contributed by atoms with van der Waals surface area (Å²) < 4.78 is 0. The van der Waals surface area contributed by atoms with Crippen LogP contribution in [0.4, 0.5) is 0 Å². The first-order valence-corrected chi connectivity index (χ1v) is 7.36. The summed E-state index contributed by atoms with van der Waals surface area (Å²) in [6.07, 6.45) is 0. The third kappa shape index (κ3) is 1.62. The molecule has 0 saturated carbocycles. The fourth-order valence-corrected chi connectivity index (χ4v) is 3.33. The number of nitrogens with zero attached hydrogens (tertiary/aromatic N) is 2. The van der Waals surface area contributed by atoms with E-state index in [-0.39, 0.29) is 0 Å². The number of para-hydroxylation sites is 1. The highest BCUT2D eigenvalue weighted by Gasteiger charge is 2.14. The topological polar surface area (TPSA) is 46.0 Å². The average molecular weight is 288 g/mol. The second kappa shape index (κ2) is 4.41. The summed E-state index contributed by atoms with van der Waals surface area (Å²) in [5, 5.41) is 14.2. The molecular weight excluding hydrogens is 272 g/mol. The Kier molecular flexibility index (Phi) is 2.61. The lowest BCUT2D eigenvalue weighted by atomic mass is 9.98. The second-order valence-corrected chi connectivity index (χ2v) is 5.79. The first kappa shape index (κ1) is 13.0. The van der Waals surface area contributed by atoms with Crippen molar-refractivity contribution in [3.8, 4) is 0 Å². The molecule has 3 heteroatoms. The van der Waals surface area contributed by atoms with Crippen molar-refractivity contribution < 1.29 is 5.11 Å². The van der Waals surface area contributed by atoms with Gasteiger partial charge in [0, 0.05) is 27.1 Å². The Labute approximate surface area is 127 Å². The van der Waals surface area contributed by atoms with Crippen LogP contribution in [0.5, 0.6) is 0 Å². The standard InChI is InChI=1S/C19H16N2O/c1-10-8-9-15-18-17(16(12(3)22)11(2)20-15)13-6-4-5-7-14(13)21-19(10)18/h4-9,22H,1-3H3. The van der Waals surface area contributed by atoms with Crippen molar-refractivity contribution in [3.05, 3.63) is 52.9 Å². The lowest BCUT2D eigenvalue weighted by molar-refractivity contribution is 0.499. The highest BCUT2D eigenvalue weighted by Crippen LogP contribution is 2.30. The monoisotopic (exact) mass is 288 g/mol. The van der Waals surface area contributed by atoms with Crippen molar-refractivity contribution in [1.29, 1.82) is 0 Å². The third-order valence-electron chi connectivity index (χ3n) is 4.28. The van der Waals surface area contributed by atoms with Gasteiger partial charge in [-0.15, -0.1) is 0 Å². The van der Waals surface area contributed by atoms with Crippen LogP contribution in [0.15, 0.2) is 36.4 Å². The number of aromatic nitrogens is 2. The van der Waals surface area contributed by atoms with Crippen molar-refractivity contribution in [2.45, 2.75) is 20.8 Å². The van der Waals surface area contributed by atoms with E-state index in [4.69, 9.17) is 4.98 Å². The molecule has 0 spiro atoms. The maximum atomic E-state index is 10.2. The molecule has 2 aromatic carbocycles. The summed E-state index contributed by atoms with van der Waals surface area (Å²) in [5.41, 5.74) is 4.79. The summed E-state index contributed by atoms with van der Waals surface area (Å²) in [7, 11) is 0. The van der Waals surface area contributed by atoms with Gasteiger partial charge < -0.3 is 5.11 Å². The zero-order valence-corrected chi connectivity index (χ0v) is 12.8. The fraction of sp³-hybridized carbons (Fsp3) is 0.158. The summed E-state index contributed by atoms with van der Waals surface area (Å²) in [6.45, 7) is 5.72. The minimum atomic E-state index is 0.297. The van der Waals surface area contributed by atoms with Crippen LogP contribution in [0, 0.1) is 13.8 Å². The van der Waals surface area contributed by atoms with Crippen LogP contribution in [-0.4, -0.2) is 15.1 Å². The van der Waals surface area contributed by atoms with Crippen molar-refractivity contribution in [2.75, 3.05) is 0 Å². The lowest BCUT2D eigenvalue weighted by Gasteiger charge is -2.13. The molecule has 0 fully saturated rings. The number of pyridine rings is 2. The Hall–Kier alpha value is -2.68. The minimum Gasteiger partial charge on any atom is -0.512 e. The molecule has 0 atom stereocenters. The van der Waals surface area contributed by atoms with Gasteiger partial charge in [0.1, 0.15) is 0 Å². The summed E-state index contributed by atoms with van der Waals surface area (Å²) in [4.78, 5) is 9.50. The highest BCUT2D eigenvalue weighted by atomic mass is 16.3. The summed E-state index contributed by atoms with van der Waals surface area (Å²) >= 11 is 0. The lowest BCUT2D eigenvalue weighted by Crippen LogP contribution is -2.14. The molecule has 0 aliphatic heterocycles. The van der Waals surface area contributed by atoms with Gasteiger partial charge in [0.05, 0.1) is 22.3 Å². The van der Waals surface area contributed by atoms with Gasteiger partial charge in [-0.3, -0.25) is 4.98 Å². The Morgan fingerprint density at radius 2 is 1.68 bits per heavy atom. The number of aliphatic hydroxyl groups is 1. The molecule has 0 bridgehead atoms. The Bertz CT molecular complexity index is 1110. The zero-order chi connectivity index (χ0) is 15.4. The molecular formula is C19H16N2O. The molecule has 2 aromatic heterocycles. The number of aliphatic hydroxyl groups excluding tert-OH is 1. The van der Waals surface area contributed by atoms with E-state index in [1.165, 1.54) is 0 Å². The molecule has 0 saturated heterocycles. The predicted octanol–water partition coefficient (Wildman–Crippen LogP) is 3.96. The van der Waals surface area contributed by atoms with E-state index in [0.29, 0.717) is 5.76 Å². The van der Waals surface area contributed by atoms with E-state index < -0.39 is 0 Å². The van der Waals surface area contributed by atoms with Gasteiger partial charge in [-0.05, 0) is 38.5 Å². The van der Waals surface area contributed by atoms with E-state index in [9.17, 15) is 5.11 Å². The molecule has 108 valence electrons. The first-order chi connectivity index (χ1) is 10.6. The Morgan fingerprint density at radius 3 is 2.45 bits per heavy atom. The number of fused-ring (bicyclic) bond motifs is 2. The number of aryl methyl sites for hydroxylation is 2. The minimum absolute atomic E-state index is 0.297. The molecule has 3 nitrogen and oxygen atoms in total. The van der Waals surface area contributed by atoms with Crippen molar-refractivity contribution in [3.63, 3.8) is 0 Å². The number of rotatable bonds is 0. The maximum Gasteiger partial charge on any atom is 0.0988 e. The second-order valence-electron chi connectivity index (χ2n) is 5.79. The molecule has 2 heterocycles. The molecule has 4 aromatic rings. The van der Waals surface area contributed by atoms with Gasteiger partial charge in [-0.2, -0.15) is 0 Å². The van der Waals surface area contributed by atoms with Crippen LogP contribution in [0.2, 0.25) is 0 Å². The van der Waals surface area contributed by atoms with Crippen LogP contribution < -0.4 is 5.22 Å². The largest absolute Gasteiger partial charge is 0.512 e. The van der Waals surface area contributed by atoms with E-state index in [1.54, 1.807) is 6.92 Å². The molecule has 1 N–H and O–H groups in total. The molecule has 0 unspecified atom stereocenters. The van der Waals surface area contributed by atoms with E-state index >= 15 is 0 Å². The molecule has 0 amide bonds. The summed E-state index contributed by atoms with van der Waals surface area (Å²) in [6, 6.07) is 12.2. The van der Waals surface area contributed by atoms with Crippen LogP contribution in [0.3, 0.4) is 0 Å². The Morgan fingerprint density at radius 1 is 0.909 bits per heavy atom. The quantitative estimate of drug-likeness (QED) is 0.393. The number of benzene rings is 2. The SMILES string of the molecule is CC(O)=c1c(C)nc2ccc(C)c3nc4ccccc4c1c23. The Balaban J connectivity index is 2.53. The third-order valence-corrected chi connectivity index (χ3v) is 4.28. The van der Waals surface area contributed by atoms with Crippen LogP contribution >= 0.6 is 0 Å². The van der Waals surface area contributed by atoms with Crippen LogP contribution in [0.1, 0.15) is 18.2 Å². The van der Waals surface area contributed by atoms with Gasteiger partial charge in [-0.25, -0.2) is 4.98 Å². The highest BCUT2D eigenvalue weighted by molar-refractivity contribution is 6.18. The van der Waals surface area contributed by atoms with Gasteiger partial charge >= 0.3 is 0 Å². The van der Waals surface area contributed by atoms with Crippen LogP contribution in [0.25, 0.3) is 38.5 Å². The average Bonchev–Trinajstić information content (AvgIpc) is 2.50. The van der Waals surface area contributed by atoms with Gasteiger partial charge in [-0.1, -0.05) is 24.3 Å². The van der Waals surface area contributed by atoms with E-state index in [1.807, 2.05) is 31.2 Å². The van der Waals surface area contributed by atoms with Crippen molar-refractivity contribution >= 4 is 38.5 Å². The molecule has 0 aliphatic carbocycles. The first-order valence-electron chi connectivity index (χ1n) is 7.36. The number of hydrogen-bond acceptors (Lipinski definition) is 3. The zero-order valence-electron chi connectivity index (χ0n) is 12.8. The van der Waals surface area contributed by atoms with Crippen molar-refractivity contribution in [2.24, 2.45) is 0 Å². The van der Waals surface area contributed by atoms with E-state index in [0.717, 1.165) is 49.2 Å². The molecule has 22 heavy (non-hydrogen) atoms. The van der Waals surface area contributed by atoms with Crippen molar-refractivity contribution in [1.82, 2.24) is 9.97 Å². The van der Waals surface area contributed by atoms with E-state index in [2.05, 4.69) is 24.0 Å².